The van der Waals surface area contributed by atoms with Crippen molar-refractivity contribution in [3.05, 3.63) is 11.9 Å². The molecule has 0 aliphatic rings. The maximum absolute atomic E-state index is 11.5. The molecule has 0 saturated carbocycles. The van der Waals surface area contributed by atoms with E-state index < -0.39 is 0 Å². The average molecular weight is 209 g/mol. The molecule has 0 aliphatic carbocycles. The molecule has 0 fully saturated rings. The lowest BCUT2D eigenvalue weighted by Gasteiger charge is -1.94. The highest BCUT2D eigenvalue weighted by atomic mass is 16.1. The largest absolute Gasteiger partial charge is 0.299 e. The van der Waals surface area contributed by atoms with Crippen LogP contribution in [-0.4, -0.2) is 26.6 Å². The van der Waals surface area contributed by atoms with Crippen LogP contribution >= 0.6 is 0 Å². The Kier molecular flexibility index (Phi) is 4.15. The molecule has 0 spiro atoms. The van der Waals surface area contributed by atoms with Gasteiger partial charge in [-0.25, -0.2) is 0 Å². The lowest BCUT2D eigenvalue weighted by molar-refractivity contribution is -0.117. The summed E-state index contributed by atoms with van der Waals surface area (Å²) in [4.78, 5) is 22.5. The molecule has 1 aromatic rings. The third-order valence-corrected chi connectivity index (χ3v) is 2.03. The van der Waals surface area contributed by atoms with Gasteiger partial charge in [-0.3, -0.25) is 14.3 Å². The fourth-order valence-electron chi connectivity index (χ4n) is 1.16. The average Bonchev–Trinajstić information content (AvgIpc) is 2.67. The summed E-state index contributed by atoms with van der Waals surface area (Å²) in [6.45, 7) is 4.50. The molecule has 1 heterocycles. The normalized spacial score (nSPS) is 10.3. The zero-order chi connectivity index (χ0) is 11.3. The van der Waals surface area contributed by atoms with E-state index in [1.54, 1.807) is 17.8 Å². The van der Waals surface area contributed by atoms with E-state index in [2.05, 4.69) is 10.3 Å². The Bertz CT molecular complexity index is 357. The van der Waals surface area contributed by atoms with Crippen molar-refractivity contribution < 1.29 is 9.59 Å². The van der Waals surface area contributed by atoms with Crippen LogP contribution in [0, 0.1) is 0 Å². The van der Waals surface area contributed by atoms with Gasteiger partial charge in [0.1, 0.15) is 11.5 Å². The molecule has 1 rings (SSSR count). The number of nitrogens with zero attached hydrogens (tertiary/aromatic N) is 3. The Morgan fingerprint density at radius 3 is 2.73 bits per heavy atom. The van der Waals surface area contributed by atoms with E-state index in [0.717, 1.165) is 13.0 Å². The van der Waals surface area contributed by atoms with Crippen molar-refractivity contribution in [1.29, 1.82) is 0 Å². The second-order valence-corrected chi connectivity index (χ2v) is 3.36. The first-order valence-electron chi connectivity index (χ1n) is 5.12. The molecule has 82 valence electrons. The number of carbonyl (C=O) groups is 2. The highest BCUT2D eigenvalue weighted by Gasteiger charge is 2.13. The topological polar surface area (TPSA) is 64.8 Å². The van der Waals surface area contributed by atoms with Gasteiger partial charge in [0, 0.05) is 13.0 Å². The van der Waals surface area contributed by atoms with Crippen molar-refractivity contribution in [2.45, 2.75) is 39.7 Å². The van der Waals surface area contributed by atoms with E-state index in [4.69, 9.17) is 0 Å². The Hall–Kier alpha value is -1.52. The smallest absolute Gasteiger partial charge is 0.192 e. The van der Waals surface area contributed by atoms with E-state index in [1.807, 2.05) is 6.92 Å². The number of aromatic nitrogens is 3. The summed E-state index contributed by atoms with van der Waals surface area (Å²) in [5.41, 5.74) is 0.283. The summed E-state index contributed by atoms with van der Waals surface area (Å²) < 4.78 is 1.61. The van der Waals surface area contributed by atoms with Gasteiger partial charge < -0.3 is 0 Å². The standard InChI is InChI=1S/C10H15N3O2/c1-3-5-13-7-9(11-12-13)10(15)6-8(14)4-2/h7H,3-6H2,1-2H3. The SMILES string of the molecule is CCCn1cc(C(=O)CC(=O)CC)nn1. The maximum atomic E-state index is 11.5. The first kappa shape index (κ1) is 11.6. The van der Waals surface area contributed by atoms with E-state index in [9.17, 15) is 9.59 Å². The molecule has 0 radical (unpaired) electrons. The fraction of sp³-hybridized carbons (Fsp3) is 0.600. The molecule has 0 atom stereocenters. The molecular formula is C10H15N3O2. The van der Waals surface area contributed by atoms with Crippen molar-refractivity contribution in [3.63, 3.8) is 0 Å². The Morgan fingerprint density at radius 1 is 1.40 bits per heavy atom. The van der Waals surface area contributed by atoms with Crippen LogP contribution < -0.4 is 0 Å². The summed E-state index contributed by atoms with van der Waals surface area (Å²) in [6, 6.07) is 0. The molecule has 5 heteroatoms. The zero-order valence-electron chi connectivity index (χ0n) is 9.06. The van der Waals surface area contributed by atoms with Crippen LogP contribution in [0.15, 0.2) is 6.20 Å². The van der Waals surface area contributed by atoms with Gasteiger partial charge in [-0.2, -0.15) is 0 Å². The third kappa shape index (κ3) is 3.27. The van der Waals surface area contributed by atoms with Crippen LogP contribution in [0.4, 0.5) is 0 Å². The van der Waals surface area contributed by atoms with Crippen LogP contribution in [0.25, 0.3) is 0 Å². The van der Waals surface area contributed by atoms with Crippen molar-refractivity contribution >= 4 is 11.6 Å². The molecule has 0 aromatic carbocycles. The molecule has 0 amide bonds. The van der Waals surface area contributed by atoms with Crippen molar-refractivity contribution in [2.24, 2.45) is 0 Å². The van der Waals surface area contributed by atoms with Crippen molar-refractivity contribution in [3.8, 4) is 0 Å². The van der Waals surface area contributed by atoms with Crippen LogP contribution in [0.2, 0.25) is 0 Å². The Morgan fingerprint density at radius 2 is 2.13 bits per heavy atom. The summed E-state index contributed by atoms with van der Waals surface area (Å²) in [7, 11) is 0. The molecule has 5 nitrogen and oxygen atoms in total. The van der Waals surface area contributed by atoms with Crippen LogP contribution in [0.3, 0.4) is 0 Å². The number of hydrogen-bond acceptors (Lipinski definition) is 4. The van der Waals surface area contributed by atoms with E-state index in [0.29, 0.717) is 6.42 Å². The first-order valence-corrected chi connectivity index (χ1v) is 5.12. The van der Waals surface area contributed by atoms with Crippen molar-refractivity contribution in [2.75, 3.05) is 0 Å². The minimum Gasteiger partial charge on any atom is -0.299 e. The molecule has 0 N–H and O–H groups in total. The van der Waals surface area contributed by atoms with Gasteiger partial charge >= 0.3 is 0 Å². The van der Waals surface area contributed by atoms with E-state index in [1.165, 1.54) is 0 Å². The monoisotopic (exact) mass is 209 g/mol. The number of aryl methyl sites for hydroxylation is 1. The molecule has 0 aliphatic heterocycles. The number of Topliss-reactive ketones (excluding diaryl/α,β-unsaturated/α-hetero) is 2. The quantitative estimate of drug-likeness (QED) is 0.522. The van der Waals surface area contributed by atoms with Gasteiger partial charge in [0.25, 0.3) is 0 Å². The summed E-state index contributed by atoms with van der Waals surface area (Å²) in [6.07, 6.45) is 2.84. The highest BCUT2D eigenvalue weighted by molar-refractivity contribution is 6.06. The van der Waals surface area contributed by atoms with Gasteiger partial charge in [-0.05, 0) is 6.42 Å². The molecule has 0 saturated heterocycles. The van der Waals surface area contributed by atoms with Gasteiger partial charge in [0.05, 0.1) is 12.6 Å². The van der Waals surface area contributed by atoms with Gasteiger partial charge in [0.2, 0.25) is 0 Å². The van der Waals surface area contributed by atoms with Gasteiger partial charge in [-0.15, -0.1) is 5.10 Å². The van der Waals surface area contributed by atoms with E-state index in [-0.39, 0.29) is 23.7 Å². The first-order chi connectivity index (χ1) is 7.17. The molecule has 15 heavy (non-hydrogen) atoms. The predicted octanol–water partition coefficient (Wildman–Crippen LogP) is 1.24. The lowest BCUT2D eigenvalue weighted by atomic mass is 10.1. The van der Waals surface area contributed by atoms with Crippen LogP contribution in [-0.2, 0) is 11.3 Å². The van der Waals surface area contributed by atoms with Gasteiger partial charge in [-0.1, -0.05) is 19.1 Å². The lowest BCUT2D eigenvalue weighted by Crippen LogP contribution is -2.07. The second kappa shape index (κ2) is 5.38. The summed E-state index contributed by atoms with van der Waals surface area (Å²) in [5, 5.41) is 7.53. The number of hydrogen-bond donors (Lipinski definition) is 0. The minimum atomic E-state index is -0.246. The number of carbonyl (C=O) groups excluding carboxylic acids is 2. The molecular weight excluding hydrogens is 194 g/mol. The second-order valence-electron chi connectivity index (χ2n) is 3.36. The number of rotatable bonds is 6. The van der Waals surface area contributed by atoms with E-state index >= 15 is 0 Å². The number of ketones is 2. The molecule has 0 bridgehead atoms. The molecule has 1 aromatic heterocycles. The van der Waals surface area contributed by atoms with Gasteiger partial charge in [0.15, 0.2) is 5.78 Å². The predicted molar refractivity (Wildman–Crippen MR) is 54.6 cm³/mol. The molecule has 0 unspecified atom stereocenters. The maximum Gasteiger partial charge on any atom is 0.192 e. The Balaban J connectivity index is 2.61. The summed E-state index contributed by atoms with van der Waals surface area (Å²) in [5.74, 6) is -0.311. The minimum absolute atomic E-state index is 0.0648. The van der Waals surface area contributed by atoms with Crippen LogP contribution in [0.5, 0.6) is 0 Å². The zero-order valence-corrected chi connectivity index (χ0v) is 9.06. The Labute approximate surface area is 88.5 Å². The third-order valence-electron chi connectivity index (χ3n) is 2.03. The summed E-state index contributed by atoms with van der Waals surface area (Å²) >= 11 is 0. The van der Waals surface area contributed by atoms with Crippen molar-refractivity contribution in [1.82, 2.24) is 15.0 Å². The highest BCUT2D eigenvalue weighted by Crippen LogP contribution is 2.01. The van der Waals surface area contributed by atoms with Crippen LogP contribution in [0.1, 0.15) is 43.6 Å². The fourth-order valence-corrected chi connectivity index (χ4v) is 1.16.